The summed E-state index contributed by atoms with van der Waals surface area (Å²) in [4.78, 5) is 53.5. The van der Waals surface area contributed by atoms with Crippen molar-refractivity contribution in [1.82, 2.24) is 38.2 Å². The summed E-state index contributed by atoms with van der Waals surface area (Å²) in [6.07, 6.45) is 13.5. The van der Waals surface area contributed by atoms with Crippen LogP contribution in [0.15, 0.2) is 101 Å². The van der Waals surface area contributed by atoms with Gasteiger partial charge in [0.05, 0.1) is 45.3 Å². The summed E-state index contributed by atoms with van der Waals surface area (Å²) < 4.78 is 81.0. The first-order valence-electron chi connectivity index (χ1n) is 26.2. The number of amides is 3. The Morgan fingerprint density at radius 2 is 1.26 bits per heavy atom. The van der Waals surface area contributed by atoms with Crippen molar-refractivity contribution in [2.24, 2.45) is 5.73 Å². The number of benzene rings is 3. The number of aromatic amines is 1. The molecule has 0 unspecified atom stereocenters. The maximum absolute atomic E-state index is 14.4. The zero-order chi connectivity index (χ0) is 57.4. The molecule has 2 fully saturated rings. The van der Waals surface area contributed by atoms with Crippen LogP contribution in [-0.2, 0) is 30.1 Å². The summed E-state index contributed by atoms with van der Waals surface area (Å²) in [5.41, 5.74) is 12.8. The Balaban J connectivity index is 0.000000186. The number of primary amides is 1. The molecule has 0 bridgehead atoms. The van der Waals surface area contributed by atoms with Gasteiger partial charge in [0.2, 0.25) is 20.0 Å². The zero-order valence-corrected chi connectivity index (χ0v) is 48.7. The maximum atomic E-state index is 14.4. The van der Waals surface area contributed by atoms with Crippen LogP contribution in [0.3, 0.4) is 0 Å². The number of hydrogen-bond donors (Lipinski definition) is 4. The number of nitrogens with one attached hydrogen (secondary N) is 3. The number of anilines is 2. The predicted molar refractivity (Wildman–Crippen MR) is 315 cm³/mol. The number of aryl methyl sites for hydroxylation is 1. The van der Waals surface area contributed by atoms with Crippen molar-refractivity contribution in [3.63, 3.8) is 0 Å². The molecule has 4 aliphatic heterocycles. The molecule has 2 saturated heterocycles. The lowest BCUT2D eigenvalue weighted by molar-refractivity contribution is 0.0924. The van der Waals surface area contributed by atoms with E-state index >= 15 is 0 Å². The van der Waals surface area contributed by atoms with Crippen molar-refractivity contribution < 1.29 is 39.6 Å². The standard InChI is InChI=1S/C31H32N6O5S3.C24H28N6O4S2/c1-21-5-8-25(9-6-21)45(41,42)37-28(22-11-15-36(16-12-22)44(2,39)40)18-26-27(10-7-23(19-32)29(26)37)35-14-3-4-24(20-35)34-30(38)31-33-13-17-43-31;1-36(33,34)30-10-6-15(7-11-30)19-13-18-20(5-4-17(22(25)31)21(18)28-19)29-9-2-3-16(14-29)27-23(32)24-26-8-12-35-24/h5-11,13,17-18,24H,3-4,12,14-16,20H2,1-2H3,(H,34,38);4-6,8,12-13,16,28H,2-3,7,9-11,14H2,1H3,(H2,25,31)(H,27,32)/t24-;16-/m11/s1. The summed E-state index contributed by atoms with van der Waals surface area (Å²) in [6.45, 7) is 5.55. The number of nitriles is 1. The van der Waals surface area contributed by atoms with Gasteiger partial charge in [-0.3, -0.25) is 14.4 Å². The lowest BCUT2D eigenvalue weighted by atomic mass is 10.0. The number of aromatic nitrogens is 4. The molecule has 8 heterocycles. The van der Waals surface area contributed by atoms with Gasteiger partial charge in [-0.15, -0.1) is 22.7 Å². The van der Waals surface area contributed by atoms with Gasteiger partial charge in [0.15, 0.2) is 10.0 Å². The van der Waals surface area contributed by atoms with Gasteiger partial charge in [-0.1, -0.05) is 29.8 Å². The number of nitrogens with two attached hydrogens (primary N) is 1. The smallest absolute Gasteiger partial charge is 0.280 e. The molecule has 7 aromatic rings. The molecule has 21 nitrogen and oxygen atoms in total. The lowest BCUT2D eigenvalue weighted by Crippen LogP contribution is -2.47. The number of piperidine rings is 2. The number of hydrogen-bond acceptors (Lipinski definition) is 16. The normalized spacial score (nSPS) is 18.6. The van der Waals surface area contributed by atoms with Gasteiger partial charge in [-0.2, -0.15) is 13.9 Å². The van der Waals surface area contributed by atoms with Crippen LogP contribution in [0.2, 0.25) is 0 Å². The minimum Gasteiger partial charge on any atom is -0.369 e. The number of thiazole rings is 2. The minimum atomic E-state index is -4.18. The number of fused-ring (bicyclic) bond motifs is 2. The van der Waals surface area contributed by atoms with Gasteiger partial charge in [-0.05, 0) is 105 Å². The number of rotatable bonds is 13. The van der Waals surface area contributed by atoms with Gasteiger partial charge >= 0.3 is 0 Å². The summed E-state index contributed by atoms with van der Waals surface area (Å²) in [5.74, 6) is -0.915. The summed E-state index contributed by atoms with van der Waals surface area (Å²) in [6, 6.07) is 19.5. The molecule has 4 aliphatic rings. The zero-order valence-electron chi connectivity index (χ0n) is 44.7. The molecular formula is C55H60N12O9S5. The van der Waals surface area contributed by atoms with Crippen LogP contribution in [0.25, 0.3) is 33.0 Å². The first-order chi connectivity index (χ1) is 38.7. The van der Waals surface area contributed by atoms with E-state index in [9.17, 15) is 44.9 Å². The second kappa shape index (κ2) is 23.3. The fraction of sp³-hybridized carbons (Fsp3) is 0.345. The third-order valence-electron chi connectivity index (χ3n) is 15.0. The average molecular weight is 1190 g/mol. The van der Waals surface area contributed by atoms with Crippen LogP contribution in [0, 0.1) is 18.3 Å². The summed E-state index contributed by atoms with van der Waals surface area (Å²) in [5, 5.41) is 22.2. The van der Waals surface area contributed by atoms with Gasteiger partial charge < -0.3 is 31.2 Å². The molecule has 0 aliphatic carbocycles. The van der Waals surface area contributed by atoms with E-state index in [1.165, 1.54) is 41.5 Å². The molecule has 3 amide bonds. The molecule has 81 heavy (non-hydrogen) atoms. The van der Waals surface area contributed by atoms with E-state index in [2.05, 4.69) is 41.5 Å². The Hall–Kier alpha value is -7.25. The Kier molecular flexibility index (Phi) is 16.4. The largest absolute Gasteiger partial charge is 0.369 e. The van der Waals surface area contributed by atoms with Crippen LogP contribution in [-0.4, -0.2) is 147 Å². The topological polar surface area (TPSA) is 287 Å². The van der Waals surface area contributed by atoms with Crippen molar-refractivity contribution in [3.8, 4) is 6.07 Å². The molecule has 424 valence electrons. The highest BCUT2D eigenvalue weighted by Gasteiger charge is 2.33. The Morgan fingerprint density at radius 1 is 0.716 bits per heavy atom. The first-order valence-corrected chi connectivity index (χ1v) is 33.1. The fourth-order valence-corrected chi connectivity index (χ4v) is 15.1. The van der Waals surface area contributed by atoms with E-state index < -0.39 is 36.0 Å². The van der Waals surface area contributed by atoms with Crippen LogP contribution >= 0.6 is 22.7 Å². The third-order valence-corrected chi connectivity index (χ3v) is 20.8. The Labute approximate surface area is 477 Å². The van der Waals surface area contributed by atoms with E-state index in [0.29, 0.717) is 83.3 Å². The molecule has 0 spiro atoms. The molecule has 0 radical (unpaired) electrons. The highest BCUT2D eigenvalue weighted by Crippen LogP contribution is 2.40. The molecule has 5 N–H and O–H groups in total. The van der Waals surface area contributed by atoms with Crippen LogP contribution in [0.1, 0.15) is 91.0 Å². The van der Waals surface area contributed by atoms with E-state index in [0.717, 1.165) is 72.1 Å². The van der Waals surface area contributed by atoms with Gasteiger partial charge in [0.25, 0.3) is 27.7 Å². The molecule has 26 heteroatoms. The van der Waals surface area contributed by atoms with E-state index in [1.54, 1.807) is 71.7 Å². The third kappa shape index (κ3) is 12.2. The monoisotopic (exact) mass is 1190 g/mol. The van der Waals surface area contributed by atoms with Crippen molar-refractivity contribution in [2.45, 2.75) is 62.4 Å². The highest BCUT2D eigenvalue weighted by atomic mass is 32.2. The number of H-pyrrole nitrogens is 1. The van der Waals surface area contributed by atoms with Crippen molar-refractivity contribution in [3.05, 3.63) is 134 Å². The first kappa shape index (κ1) is 57.0. The van der Waals surface area contributed by atoms with Crippen LogP contribution in [0.5, 0.6) is 0 Å². The van der Waals surface area contributed by atoms with Gasteiger partial charge in [-0.25, -0.2) is 39.2 Å². The van der Waals surface area contributed by atoms with Crippen molar-refractivity contribution in [1.29, 1.82) is 5.26 Å². The average Bonchev–Trinajstić information content (AvgIpc) is 4.52. The molecule has 4 aromatic heterocycles. The SMILES string of the molecule is CS(=O)(=O)N1CC=C(c2cc3c(N4CCC[C@@H](NC(=O)c5nccs5)C4)ccc(C(N)=O)c3[nH]2)CC1.Cc1ccc(S(=O)(=O)n2c(C3=CCN(S(C)(=O)=O)CC3)cc3c(N4CCC[C@@H](NC(=O)c5nccs5)C4)ccc(C#N)c32)cc1. The lowest BCUT2D eigenvalue weighted by Gasteiger charge is -2.35. The van der Waals surface area contributed by atoms with Crippen molar-refractivity contribution >= 4 is 115 Å². The number of carbonyl (C=O) groups is 3. The molecule has 11 rings (SSSR count). The number of sulfonamides is 2. The van der Waals surface area contributed by atoms with Crippen molar-refractivity contribution in [2.75, 3.05) is 74.7 Å². The second-order valence-electron chi connectivity index (χ2n) is 20.5. The van der Waals surface area contributed by atoms with Gasteiger partial charge in [0, 0.05) is 115 Å². The summed E-state index contributed by atoms with van der Waals surface area (Å²) >= 11 is 2.59. The number of carbonyl (C=O) groups excluding carboxylic acids is 3. The van der Waals surface area contributed by atoms with Crippen LogP contribution < -0.4 is 26.2 Å². The molecule has 3 aromatic carbocycles. The van der Waals surface area contributed by atoms with E-state index in [-0.39, 0.29) is 53.0 Å². The Morgan fingerprint density at radius 3 is 1.75 bits per heavy atom. The fourth-order valence-electron chi connectivity index (χ4n) is 11.0. The van der Waals surface area contributed by atoms with E-state index in [1.807, 2.05) is 31.2 Å². The minimum absolute atomic E-state index is 0.0255. The molecule has 0 saturated carbocycles. The van der Waals surface area contributed by atoms with Gasteiger partial charge in [0.1, 0.15) is 6.07 Å². The summed E-state index contributed by atoms with van der Waals surface area (Å²) in [7, 11) is -10.8. The maximum Gasteiger partial charge on any atom is 0.280 e. The quantitative estimate of drug-likeness (QED) is 0.101. The van der Waals surface area contributed by atoms with Crippen LogP contribution in [0.4, 0.5) is 11.4 Å². The highest BCUT2D eigenvalue weighted by molar-refractivity contribution is 7.90. The molecular weight excluding hydrogens is 1130 g/mol. The Bertz CT molecular complexity index is 4020. The predicted octanol–water partition coefficient (Wildman–Crippen LogP) is 6.13. The number of nitrogens with zero attached hydrogens (tertiary/aromatic N) is 8. The van der Waals surface area contributed by atoms with E-state index in [4.69, 9.17) is 5.73 Å². The second-order valence-corrected chi connectivity index (χ2v) is 28.0. The molecule has 2 atom stereocenters.